The van der Waals surface area contributed by atoms with Gasteiger partial charge in [-0.2, -0.15) is 0 Å². The minimum Gasteiger partial charge on any atom is -0.493 e. The number of carbonyl (C=O) groups is 3. The molecule has 0 spiro atoms. The zero-order valence-electron chi connectivity index (χ0n) is 29.8. The highest BCUT2D eigenvalue weighted by Crippen LogP contribution is 2.44. The SMILES string of the molecule is CCC(CC)CC(=O)C1C(OC2OC(C(=O)O)C(O)C(O)C2O)=c2cc(OC)c(OC)c(OC)c2=C(c2ccc(OC)c(OC)c2)C1C(=O)OC. The molecule has 0 radical (unpaired) electrons. The first-order chi connectivity index (χ1) is 24.4. The molecule has 1 aliphatic heterocycles. The Morgan fingerprint density at radius 3 is 1.92 bits per heavy atom. The van der Waals surface area contributed by atoms with E-state index in [2.05, 4.69) is 0 Å². The summed E-state index contributed by atoms with van der Waals surface area (Å²) in [6.07, 6.45) is -8.67. The van der Waals surface area contributed by atoms with Crippen LogP contribution in [0.4, 0.5) is 0 Å². The van der Waals surface area contributed by atoms with Crippen molar-refractivity contribution in [3.05, 3.63) is 40.3 Å². The van der Waals surface area contributed by atoms with Crippen molar-refractivity contribution < 1.29 is 72.7 Å². The first-order valence-corrected chi connectivity index (χ1v) is 16.4. The number of aliphatic hydroxyl groups is 3. The highest BCUT2D eigenvalue weighted by Gasteiger charge is 2.51. The van der Waals surface area contributed by atoms with Gasteiger partial charge in [0, 0.05) is 16.9 Å². The lowest BCUT2D eigenvalue weighted by atomic mass is 9.72. The maximum absolute atomic E-state index is 14.7. The van der Waals surface area contributed by atoms with Gasteiger partial charge in [0.15, 0.2) is 29.1 Å². The lowest BCUT2D eigenvalue weighted by molar-refractivity contribution is -0.279. The molecule has 0 aromatic heterocycles. The van der Waals surface area contributed by atoms with E-state index in [0.29, 0.717) is 29.9 Å². The van der Waals surface area contributed by atoms with Crippen molar-refractivity contribution in [1.82, 2.24) is 0 Å². The fourth-order valence-corrected chi connectivity index (χ4v) is 6.70. The van der Waals surface area contributed by atoms with Gasteiger partial charge in [-0.1, -0.05) is 32.8 Å². The second kappa shape index (κ2) is 16.6. The number of hydrogen-bond acceptors (Lipinski definition) is 14. The summed E-state index contributed by atoms with van der Waals surface area (Å²) in [7, 11) is 8.21. The van der Waals surface area contributed by atoms with Crippen molar-refractivity contribution >= 4 is 29.1 Å². The van der Waals surface area contributed by atoms with Crippen molar-refractivity contribution in [2.24, 2.45) is 17.8 Å². The highest BCUT2D eigenvalue weighted by molar-refractivity contribution is 6.01. The number of aliphatic hydroxyl groups excluding tert-OH is 3. The van der Waals surface area contributed by atoms with Crippen molar-refractivity contribution in [2.75, 3.05) is 42.7 Å². The van der Waals surface area contributed by atoms with Gasteiger partial charge in [0.25, 0.3) is 0 Å². The Hall–Kier alpha value is -4.57. The normalized spacial score (nSPS) is 24.4. The predicted molar refractivity (Wildman–Crippen MR) is 179 cm³/mol. The molecule has 2 aromatic carbocycles. The Labute approximate surface area is 294 Å². The zero-order chi connectivity index (χ0) is 37.7. The summed E-state index contributed by atoms with van der Waals surface area (Å²) in [6, 6.07) is 6.42. The first kappa shape index (κ1) is 39.2. The Bertz CT molecular complexity index is 1730. The van der Waals surface area contributed by atoms with Crippen molar-refractivity contribution in [3.63, 3.8) is 0 Å². The number of rotatable bonds is 15. The minimum atomic E-state index is -2.02. The third-order valence-corrected chi connectivity index (χ3v) is 9.49. The fourth-order valence-electron chi connectivity index (χ4n) is 6.70. The van der Waals surface area contributed by atoms with E-state index in [0.717, 1.165) is 0 Å². The van der Waals surface area contributed by atoms with Crippen LogP contribution in [0.3, 0.4) is 0 Å². The molecule has 1 aliphatic carbocycles. The van der Waals surface area contributed by atoms with Crippen molar-refractivity contribution in [3.8, 4) is 28.7 Å². The Morgan fingerprint density at radius 2 is 1.39 bits per heavy atom. The monoisotopic (exact) mass is 718 g/mol. The van der Waals surface area contributed by atoms with E-state index < -0.39 is 60.3 Å². The van der Waals surface area contributed by atoms with E-state index in [9.17, 15) is 34.8 Å². The second-order valence-electron chi connectivity index (χ2n) is 12.1. The molecule has 2 aromatic rings. The molecule has 7 unspecified atom stereocenters. The summed E-state index contributed by atoms with van der Waals surface area (Å²) in [4.78, 5) is 40.8. The first-order valence-electron chi connectivity index (χ1n) is 16.4. The number of ether oxygens (including phenoxy) is 8. The summed E-state index contributed by atoms with van der Waals surface area (Å²) in [6.45, 7) is 3.87. The summed E-state index contributed by atoms with van der Waals surface area (Å²) < 4.78 is 45.4. The number of benzene rings is 2. The number of carbonyl (C=O) groups excluding carboxylic acids is 2. The third-order valence-electron chi connectivity index (χ3n) is 9.49. The van der Waals surface area contributed by atoms with Crippen LogP contribution in [0.2, 0.25) is 0 Å². The van der Waals surface area contributed by atoms with Crippen LogP contribution in [0.25, 0.3) is 11.3 Å². The molecule has 51 heavy (non-hydrogen) atoms. The molecule has 1 fully saturated rings. The van der Waals surface area contributed by atoms with E-state index in [1.165, 1.54) is 48.7 Å². The fraction of sp³-hybridized carbons (Fsp3) is 0.528. The smallest absolute Gasteiger partial charge is 0.335 e. The Kier molecular flexibility index (Phi) is 12.8. The van der Waals surface area contributed by atoms with E-state index in [-0.39, 0.29) is 51.4 Å². The summed E-state index contributed by atoms with van der Waals surface area (Å²) in [5, 5.41) is 42.2. The number of esters is 1. The van der Waals surface area contributed by atoms with Crippen molar-refractivity contribution in [1.29, 1.82) is 0 Å². The molecular weight excluding hydrogens is 672 g/mol. The van der Waals surface area contributed by atoms with Crippen LogP contribution < -0.4 is 34.1 Å². The predicted octanol–water partition coefficient (Wildman–Crippen LogP) is 0.760. The molecular formula is C36H46O15. The Morgan fingerprint density at radius 1 is 0.765 bits per heavy atom. The van der Waals surface area contributed by atoms with Gasteiger partial charge in [0.05, 0.1) is 54.5 Å². The lowest BCUT2D eigenvalue weighted by Crippen LogP contribution is -2.61. The van der Waals surface area contributed by atoms with E-state index in [4.69, 9.17) is 37.9 Å². The van der Waals surface area contributed by atoms with Crippen LogP contribution in [0, 0.1) is 17.8 Å². The number of methoxy groups -OCH3 is 6. The molecule has 4 N–H and O–H groups in total. The second-order valence-corrected chi connectivity index (χ2v) is 12.1. The number of carboxylic acid groups (broad SMARTS) is 1. The molecule has 15 heteroatoms. The van der Waals surface area contributed by atoms with Gasteiger partial charge in [-0.3, -0.25) is 9.59 Å². The van der Waals surface area contributed by atoms with E-state index in [1.807, 2.05) is 13.8 Å². The standard InChI is InChI=1S/C36H46O15/c1-9-16(10-2)13-19(37)25-26(35(43)49-8)23(17-11-12-20(44-3)21(14-17)45-4)24-18(15-22(46-5)31(47-6)32(24)48-7)30(25)50-36-29(40)27(38)28(39)33(51-36)34(41)42/h11-12,14-16,25-29,33,36,38-40H,9-10,13H2,1-8H3,(H,41,42). The quantitative estimate of drug-likeness (QED) is 0.188. The summed E-state index contributed by atoms with van der Waals surface area (Å²) in [5.74, 6) is -5.09. The van der Waals surface area contributed by atoms with Crippen LogP contribution in [0.1, 0.15) is 38.7 Å². The topological polar surface area (TPSA) is 206 Å². The number of ketones is 1. The summed E-state index contributed by atoms with van der Waals surface area (Å²) in [5.41, 5.74) is 0.669. The lowest BCUT2D eigenvalue weighted by Gasteiger charge is -2.41. The largest absolute Gasteiger partial charge is 0.493 e. The van der Waals surface area contributed by atoms with Crippen LogP contribution in [0.5, 0.6) is 28.7 Å². The molecule has 15 nitrogen and oxygen atoms in total. The van der Waals surface area contributed by atoms with Crippen LogP contribution in [-0.2, 0) is 28.6 Å². The summed E-state index contributed by atoms with van der Waals surface area (Å²) >= 11 is 0. The van der Waals surface area contributed by atoms with Gasteiger partial charge in [-0.05, 0) is 35.3 Å². The van der Waals surface area contributed by atoms with Gasteiger partial charge in [0.2, 0.25) is 12.0 Å². The van der Waals surface area contributed by atoms with Gasteiger partial charge in [-0.25, -0.2) is 4.79 Å². The van der Waals surface area contributed by atoms with Gasteiger partial charge >= 0.3 is 11.9 Å². The number of aliphatic carboxylic acids is 1. The molecule has 280 valence electrons. The highest BCUT2D eigenvalue weighted by atomic mass is 16.7. The van der Waals surface area contributed by atoms with Crippen LogP contribution in [0.15, 0.2) is 24.3 Å². The van der Waals surface area contributed by atoms with Gasteiger partial charge in [0.1, 0.15) is 29.9 Å². The molecule has 1 heterocycles. The molecule has 4 rings (SSSR count). The van der Waals surface area contributed by atoms with Crippen LogP contribution in [-0.4, -0.2) is 112 Å². The average Bonchev–Trinajstić information content (AvgIpc) is 3.14. The third kappa shape index (κ3) is 7.29. The molecule has 1 saturated heterocycles. The molecule has 0 amide bonds. The number of fused-ring (bicyclic) bond motifs is 1. The van der Waals surface area contributed by atoms with Crippen molar-refractivity contribution in [2.45, 2.75) is 63.8 Å². The molecule has 0 saturated carbocycles. The number of carboxylic acids is 1. The zero-order valence-corrected chi connectivity index (χ0v) is 29.8. The minimum absolute atomic E-state index is 0.00413. The van der Waals surface area contributed by atoms with Gasteiger partial charge in [-0.15, -0.1) is 0 Å². The molecule has 0 bridgehead atoms. The number of hydrogen-bond donors (Lipinski definition) is 4. The maximum atomic E-state index is 14.7. The average molecular weight is 719 g/mol. The maximum Gasteiger partial charge on any atom is 0.335 e. The van der Waals surface area contributed by atoms with Gasteiger partial charge < -0.3 is 58.3 Å². The number of Topliss-reactive ketones (excluding diaryl/α,β-unsaturated/α-hetero) is 1. The Balaban J connectivity index is 2.25. The van der Waals surface area contributed by atoms with Crippen LogP contribution >= 0.6 is 0 Å². The van der Waals surface area contributed by atoms with E-state index >= 15 is 0 Å². The molecule has 2 aliphatic rings. The molecule has 7 atom stereocenters. The van der Waals surface area contributed by atoms with E-state index in [1.54, 1.807) is 18.2 Å².